The van der Waals surface area contributed by atoms with Gasteiger partial charge in [0.2, 0.25) is 0 Å². The zero-order chi connectivity index (χ0) is 12.7. The van der Waals surface area contributed by atoms with Gasteiger partial charge in [0.05, 0.1) is 12.5 Å². The number of halogens is 1. The number of cyclic esters (lactones) is 1. The monoisotopic (exact) mass is 308 g/mol. The van der Waals surface area contributed by atoms with E-state index in [-0.39, 0.29) is 29.5 Å². The molecule has 0 spiro atoms. The van der Waals surface area contributed by atoms with E-state index in [9.17, 15) is 9.59 Å². The van der Waals surface area contributed by atoms with E-state index in [4.69, 9.17) is 4.74 Å². The third kappa shape index (κ3) is 1.99. The van der Waals surface area contributed by atoms with Crippen LogP contribution in [-0.2, 0) is 14.3 Å². The van der Waals surface area contributed by atoms with E-state index in [1.54, 1.807) is 0 Å². The molecule has 94 valence electrons. The molecule has 0 bridgehead atoms. The molecule has 1 aliphatic carbocycles. The zero-order valence-electron chi connectivity index (χ0n) is 9.77. The average Bonchev–Trinajstić information content (AvgIpc) is 2.71. The molecule has 0 N–H and O–H groups in total. The van der Waals surface area contributed by atoms with E-state index in [1.807, 2.05) is 24.3 Å². The first-order valence-corrected chi connectivity index (χ1v) is 6.88. The van der Waals surface area contributed by atoms with E-state index in [2.05, 4.69) is 15.9 Å². The molecule has 4 heteroatoms. The summed E-state index contributed by atoms with van der Waals surface area (Å²) < 4.78 is 6.12. The van der Waals surface area contributed by atoms with E-state index < -0.39 is 0 Å². The van der Waals surface area contributed by atoms with Gasteiger partial charge in [-0.05, 0) is 17.7 Å². The maximum Gasteiger partial charge on any atom is 0.310 e. The Morgan fingerprint density at radius 1 is 1.11 bits per heavy atom. The lowest BCUT2D eigenvalue weighted by atomic mass is 9.70. The number of ether oxygens (including phenoxy) is 1. The van der Waals surface area contributed by atoms with Crippen LogP contribution < -0.4 is 0 Å². The number of Topliss-reactive ketones (excluding diaryl/α,β-unsaturated/α-hetero) is 1. The van der Waals surface area contributed by atoms with Gasteiger partial charge in [-0.25, -0.2) is 0 Å². The highest BCUT2D eigenvalue weighted by molar-refractivity contribution is 9.10. The largest absolute Gasteiger partial charge is 0.465 e. The molecule has 0 radical (unpaired) electrons. The van der Waals surface area contributed by atoms with Crippen LogP contribution in [0.25, 0.3) is 0 Å². The van der Waals surface area contributed by atoms with Crippen molar-refractivity contribution in [2.75, 3.05) is 6.61 Å². The molecule has 1 aliphatic heterocycles. The second-order valence-corrected chi connectivity index (χ2v) is 5.94. The van der Waals surface area contributed by atoms with E-state index >= 15 is 0 Å². The predicted molar refractivity (Wildman–Crippen MR) is 69.1 cm³/mol. The Kier molecular flexibility index (Phi) is 2.98. The Bertz CT molecular complexity index is 494. The number of ketones is 1. The van der Waals surface area contributed by atoms with E-state index in [1.165, 1.54) is 0 Å². The lowest BCUT2D eigenvalue weighted by Gasteiger charge is -2.29. The van der Waals surface area contributed by atoms with Gasteiger partial charge >= 0.3 is 5.97 Å². The van der Waals surface area contributed by atoms with Gasteiger partial charge in [0, 0.05) is 29.2 Å². The summed E-state index contributed by atoms with van der Waals surface area (Å²) in [4.78, 5) is 23.6. The summed E-state index contributed by atoms with van der Waals surface area (Å²) in [5, 5.41) is 0. The highest BCUT2D eigenvalue weighted by Gasteiger charge is 2.47. The summed E-state index contributed by atoms with van der Waals surface area (Å²) in [7, 11) is 0. The molecule has 2 fully saturated rings. The van der Waals surface area contributed by atoms with Crippen LogP contribution >= 0.6 is 15.9 Å². The maximum absolute atomic E-state index is 11.8. The minimum Gasteiger partial charge on any atom is -0.465 e. The van der Waals surface area contributed by atoms with Gasteiger partial charge < -0.3 is 4.74 Å². The van der Waals surface area contributed by atoms with Crippen molar-refractivity contribution in [2.45, 2.75) is 18.8 Å². The molecule has 1 aromatic rings. The molecule has 3 atom stereocenters. The van der Waals surface area contributed by atoms with Crippen molar-refractivity contribution in [1.82, 2.24) is 0 Å². The summed E-state index contributed by atoms with van der Waals surface area (Å²) in [5.41, 5.74) is 1.06. The number of esters is 1. The molecule has 1 saturated heterocycles. The molecule has 0 unspecified atom stereocenters. The lowest BCUT2D eigenvalue weighted by Crippen LogP contribution is -2.32. The minimum absolute atomic E-state index is 0.0145. The predicted octanol–water partition coefficient (Wildman–Crippen LogP) is 2.68. The van der Waals surface area contributed by atoms with Crippen molar-refractivity contribution in [1.29, 1.82) is 0 Å². The number of benzene rings is 1. The third-order valence-corrected chi connectivity index (χ3v) is 4.42. The summed E-state index contributed by atoms with van der Waals surface area (Å²) in [6.07, 6.45) is 0.946. The van der Waals surface area contributed by atoms with Gasteiger partial charge in [0.25, 0.3) is 0 Å². The second-order valence-electron chi connectivity index (χ2n) is 5.02. The Hall–Kier alpha value is -1.16. The molecule has 18 heavy (non-hydrogen) atoms. The topological polar surface area (TPSA) is 43.4 Å². The summed E-state index contributed by atoms with van der Waals surface area (Å²) in [6.45, 7) is 0.405. The summed E-state index contributed by atoms with van der Waals surface area (Å²) >= 11 is 3.39. The zero-order valence-corrected chi connectivity index (χ0v) is 11.4. The van der Waals surface area contributed by atoms with Crippen molar-refractivity contribution < 1.29 is 14.3 Å². The Balaban J connectivity index is 1.95. The molecule has 0 amide bonds. The number of carbonyl (C=O) groups excluding carboxylic acids is 2. The van der Waals surface area contributed by atoms with Gasteiger partial charge in [-0.1, -0.05) is 28.1 Å². The number of hydrogen-bond donors (Lipinski definition) is 0. The first-order valence-electron chi connectivity index (χ1n) is 6.09. The number of fused-ring (bicyclic) bond motifs is 1. The van der Waals surface area contributed by atoms with Crippen LogP contribution in [0.4, 0.5) is 0 Å². The standard InChI is InChI=1S/C14H13BrO3/c15-10-3-1-8(2-4-10)12-6-11(16)5-9-7-18-14(17)13(9)12/h1-4,9,12-13H,5-7H2/t9-,12+,13+/m0/s1. The third-order valence-electron chi connectivity index (χ3n) is 3.89. The van der Waals surface area contributed by atoms with Crippen molar-refractivity contribution in [2.24, 2.45) is 11.8 Å². The highest BCUT2D eigenvalue weighted by atomic mass is 79.9. The van der Waals surface area contributed by atoms with Crippen molar-refractivity contribution in [3.8, 4) is 0 Å². The fourth-order valence-electron chi connectivity index (χ4n) is 3.04. The SMILES string of the molecule is O=C1C[C@H]2COC(=O)[C@H]2[C@@H](c2ccc(Br)cc2)C1. The smallest absolute Gasteiger partial charge is 0.310 e. The van der Waals surface area contributed by atoms with Crippen LogP contribution in [0, 0.1) is 11.8 Å². The molecule has 3 nitrogen and oxygen atoms in total. The molecule has 3 rings (SSSR count). The van der Waals surface area contributed by atoms with Crippen molar-refractivity contribution in [3.05, 3.63) is 34.3 Å². The minimum atomic E-state index is -0.139. The normalized spacial score (nSPS) is 31.1. The van der Waals surface area contributed by atoms with Crippen LogP contribution in [0.15, 0.2) is 28.7 Å². The van der Waals surface area contributed by atoms with Gasteiger partial charge in [-0.15, -0.1) is 0 Å². The van der Waals surface area contributed by atoms with E-state index in [0.717, 1.165) is 10.0 Å². The van der Waals surface area contributed by atoms with Crippen LogP contribution in [0.2, 0.25) is 0 Å². The first kappa shape index (κ1) is 11.9. The molecule has 1 aromatic carbocycles. The molecule has 1 saturated carbocycles. The fraction of sp³-hybridized carbons (Fsp3) is 0.429. The fourth-order valence-corrected chi connectivity index (χ4v) is 3.31. The van der Waals surface area contributed by atoms with Gasteiger partial charge in [0.15, 0.2) is 0 Å². The van der Waals surface area contributed by atoms with Crippen LogP contribution in [0.3, 0.4) is 0 Å². The summed E-state index contributed by atoms with van der Waals surface area (Å²) in [6, 6.07) is 7.86. The van der Waals surface area contributed by atoms with Gasteiger partial charge in [-0.3, -0.25) is 9.59 Å². The number of hydrogen-bond acceptors (Lipinski definition) is 3. The van der Waals surface area contributed by atoms with E-state index in [0.29, 0.717) is 19.4 Å². The average molecular weight is 309 g/mol. The Morgan fingerprint density at radius 3 is 2.56 bits per heavy atom. The number of rotatable bonds is 1. The molecule has 2 aliphatic rings. The first-order chi connectivity index (χ1) is 8.65. The second kappa shape index (κ2) is 4.50. The Morgan fingerprint density at radius 2 is 1.83 bits per heavy atom. The van der Waals surface area contributed by atoms with Gasteiger partial charge in [0.1, 0.15) is 5.78 Å². The molecule has 0 aromatic heterocycles. The molecular formula is C14H13BrO3. The quantitative estimate of drug-likeness (QED) is 0.749. The van der Waals surface area contributed by atoms with Crippen molar-refractivity contribution in [3.63, 3.8) is 0 Å². The highest BCUT2D eigenvalue weighted by Crippen LogP contribution is 2.43. The molecular weight excluding hydrogens is 296 g/mol. The summed E-state index contributed by atoms with van der Waals surface area (Å²) in [5.74, 6) is 0.0264. The lowest BCUT2D eigenvalue weighted by molar-refractivity contribution is -0.142. The number of carbonyl (C=O) groups is 2. The van der Waals surface area contributed by atoms with Crippen LogP contribution in [-0.4, -0.2) is 18.4 Å². The molecule has 1 heterocycles. The van der Waals surface area contributed by atoms with Gasteiger partial charge in [-0.2, -0.15) is 0 Å². The van der Waals surface area contributed by atoms with Crippen LogP contribution in [0.1, 0.15) is 24.3 Å². The maximum atomic E-state index is 11.8. The van der Waals surface area contributed by atoms with Crippen LogP contribution in [0.5, 0.6) is 0 Å². The Labute approximate surface area is 114 Å². The van der Waals surface area contributed by atoms with Crippen molar-refractivity contribution >= 4 is 27.7 Å².